The zero-order chi connectivity index (χ0) is 13.8. The molecule has 1 amide bonds. The summed E-state index contributed by atoms with van der Waals surface area (Å²) in [6, 6.07) is 7.46. The molecule has 98 valence electrons. The highest BCUT2D eigenvalue weighted by Gasteiger charge is 2.17. The molecule has 1 aromatic heterocycles. The molecule has 3 nitrogen and oxygen atoms in total. The third-order valence-electron chi connectivity index (χ3n) is 2.74. The van der Waals surface area contributed by atoms with Crippen molar-refractivity contribution in [3.8, 4) is 0 Å². The molecule has 5 heteroatoms. The molecule has 0 aliphatic rings. The fourth-order valence-electron chi connectivity index (χ4n) is 1.72. The number of hydrogen-bond acceptors (Lipinski definition) is 2. The van der Waals surface area contributed by atoms with E-state index in [0.717, 1.165) is 5.56 Å². The Hall–Kier alpha value is -1.94. The number of aromatic nitrogens is 1. The Morgan fingerprint density at radius 2 is 2.00 bits per heavy atom. The van der Waals surface area contributed by atoms with Crippen molar-refractivity contribution in [1.82, 2.24) is 10.3 Å². The van der Waals surface area contributed by atoms with Crippen LogP contribution in [0.25, 0.3) is 0 Å². The number of benzene rings is 1. The van der Waals surface area contributed by atoms with E-state index in [1.165, 1.54) is 18.2 Å². The lowest BCUT2D eigenvalue weighted by molar-refractivity contribution is 0.0936. The molecule has 2 aromatic rings. The van der Waals surface area contributed by atoms with Crippen molar-refractivity contribution < 1.29 is 9.18 Å². The standard InChI is InChI=1S/C14H12ClFN2O/c1-9(10-5-7-17-8-6-10)18-14(19)13-11(15)3-2-4-12(13)16/h2-9H,1H3,(H,18,19). The predicted molar refractivity (Wildman–Crippen MR) is 71.5 cm³/mol. The van der Waals surface area contributed by atoms with Gasteiger partial charge in [-0.15, -0.1) is 0 Å². The van der Waals surface area contributed by atoms with Gasteiger partial charge in [0, 0.05) is 12.4 Å². The van der Waals surface area contributed by atoms with E-state index in [0.29, 0.717) is 0 Å². The first-order chi connectivity index (χ1) is 9.09. The number of halogens is 2. The number of carbonyl (C=O) groups is 1. The van der Waals surface area contributed by atoms with Gasteiger partial charge in [-0.05, 0) is 36.8 Å². The molecule has 1 N–H and O–H groups in total. The second-order valence-electron chi connectivity index (χ2n) is 4.07. The van der Waals surface area contributed by atoms with Crippen LogP contribution in [0.3, 0.4) is 0 Å². The van der Waals surface area contributed by atoms with Gasteiger partial charge >= 0.3 is 0 Å². The molecule has 0 radical (unpaired) electrons. The average Bonchev–Trinajstić information content (AvgIpc) is 2.39. The number of nitrogens with zero attached hydrogens (tertiary/aromatic N) is 1. The Morgan fingerprint density at radius 1 is 1.32 bits per heavy atom. The van der Waals surface area contributed by atoms with Gasteiger partial charge in [0.15, 0.2) is 0 Å². The fraction of sp³-hybridized carbons (Fsp3) is 0.143. The van der Waals surface area contributed by atoms with Crippen molar-refractivity contribution in [3.63, 3.8) is 0 Å². The Morgan fingerprint density at radius 3 is 2.63 bits per heavy atom. The van der Waals surface area contributed by atoms with E-state index in [4.69, 9.17) is 11.6 Å². The molecule has 1 heterocycles. The van der Waals surface area contributed by atoms with Gasteiger partial charge in [0.05, 0.1) is 16.6 Å². The lowest BCUT2D eigenvalue weighted by atomic mass is 10.1. The second-order valence-corrected chi connectivity index (χ2v) is 4.48. The first kappa shape index (κ1) is 13.5. The van der Waals surface area contributed by atoms with E-state index >= 15 is 0 Å². The highest BCUT2D eigenvalue weighted by molar-refractivity contribution is 6.33. The van der Waals surface area contributed by atoms with Gasteiger partial charge < -0.3 is 5.32 Å². The van der Waals surface area contributed by atoms with Crippen LogP contribution < -0.4 is 5.32 Å². The maximum Gasteiger partial charge on any atom is 0.256 e. The molecule has 0 aliphatic heterocycles. The fourth-order valence-corrected chi connectivity index (χ4v) is 1.97. The van der Waals surface area contributed by atoms with Crippen molar-refractivity contribution in [2.45, 2.75) is 13.0 Å². The minimum Gasteiger partial charge on any atom is -0.345 e. The third-order valence-corrected chi connectivity index (χ3v) is 3.06. The monoisotopic (exact) mass is 278 g/mol. The van der Waals surface area contributed by atoms with Crippen molar-refractivity contribution in [3.05, 3.63) is 64.7 Å². The van der Waals surface area contributed by atoms with Gasteiger partial charge in [-0.2, -0.15) is 0 Å². The zero-order valence-corrected chi connectivity index (χ0v) is 11.0. The van der Waals surface area contributed by atoms with Crippen LogP contribution >= 0.6 is 11.6 Å². The quantitative estimate of drug-likeness (QED) is 0.935. The predicted octanol–water partition coefficient (Wildman–Crippen LogP) is 3.37. The zero-order valence-electron chi connectivity index (χ0n) is 10.2. The summed E-state index contributed by atoms with van der Waals surface area (Å²) in [6.07, 6.45) is 3.27. The van der Waals surface area contributed by atoms with Crippen LogP contribution in [-0.2, 0) is 0 Å². The van der Waals surface area contributed by atoms with E-state index in [2.05, 4.69) is 10.3 Å². The summed E-state index contributed by atoms with van der Waals surface area (Å²) in [4.78, 5) is 15.9. The number of carbonyl (C=O) groups excluding carboxylic acids is 1. The summed E-state index contributed by atoms with van der Waals surface area (Å²) < 4.78 is 13.6. The topological polar surface area (TPSA) is 42.0 Å². The van der Waals surface area contributed by atoms with Gasteiger partial charge in [-0.1, -0.05) is 17.7 Å². The summed E-state index contributed by atoms with van der Waals surface area (Å²) in [6.45, 7) is 1.81. The highest BCUT2D eigenvalue weighted by atomic mass is 35.5. The van der Waals surface area contributed by atoms with Gasteiger partial charge in [0.2, 0.25) is 0 Å². The minimum atomic E-state index is -0.632. The molecule has 0 fully saturated rings. The maximum atomic E-state index is 13.6. The van der Waals surface area contributed by atoms with E-state index in [-0.39, 0.29) is 16.6 Å². The molecule has 0 saturated heterocycles. The Kier molecular flexibility index (Phi) is 4.12. The molecular formula is C14H12ClFN2O. The molecule has 1 unspecified atom stereocenters. The molecule has 19 heavy (non-hydrogen) atoms. The van der Waals surface area contributed by atoms with Gasteiger partial charge in [0.25, 0.3) is 5.91 Å². The van der Waals surface area contributed by atoms with E-state index < -0.39 is 11.7 Å². The van der Waals surface area contributed by atoms with Crippen LogP contribution in [0.15, 0.2) is 42.7 Å². The van der Waals surface area contributed by atoms with Crippen molar-refractivity contribution in [2.24, 2.45) is 0 Å². The molecular weight excluding hydrogens is 267 g/mol. The SMILES string of the molecule is CC(NC(=O)c1c(F)cccc1Cl)c1ccncc1. The number of hydrogen-bond donors (Lipinski definition) is 1. The average molecular weight is 279 g/mol. The molecule has 0 spiro atoms. The van der Waals surface area contributed by atoms with Crippen LogP contribution in [-0.4, -0.2) is 10.9 Å². The Labute approximate surface area is 115 Å². The smallest absolute Gasteiger partial charge is 0.256 e. The molecule has 0 saturated carbocycles. The summed E-state index contributed by atoms with van der Waals surface area (Å²) in [5.41, 5.74) is 0.751. The first-order valence-electron chi connectivity index (χ1n) is 5.74. The number of rotatable bonds is 3. The van der Waals surface area contributed by atoms with Crippen molar-refractivity contribution in [2.75, 3.05) is 0 Å². The summed E-state index contributed by atoms with van der Waals surface area (Å²) in [7, 11) is 0. The second kappa shape index (κ2) is 5.80. The van der Waals surface area contributed by atoms with Crippen LogP contribution in [0.2, 0.25) is 5.02 Å². The maximum absolute atomic E-state index is 13.6. The third kappa shape index (κ3) is 3.09. The highest BCUT2D eigenvalue weighted by Crippen LogP contribution is 2.20. The van der Waals surface area contributed by atoms with E-state index in [9.17, 15) is 9.18 Å². The number of pyridine rings is 1. The lowest BCUT2D eigenvalue weighted by Crippen LogP contribution is -2.27. The minimum absolute atomic E-state index is 0.0967. The van der Waals surface area contributed by atoms with Crippen LogP contribution in [0, 0.1) is 5.82 Å². The number of nitrogens with one attached hydrogen (secondary N) is 1. The van der Waals surface area contributed by atoms with Gasteiger partial charge in [-0.3, -0.25) is 9.78 Å². The van der Waals surface area contributed by atoms with E-state index in [1.807, 2.05) is 6.92 Å². The molecule has 2 rings (SSSR count). The van der Waals surface area contributed by atoms with Gasteiger partial charge in [-0.25, -0.2) is 4.39 Å². The summed E-state index contributed by atoms with van der Waals surface area (Å²) in [5, 5.41) is 2.80. The van der Waals surface area contributed by atoms with Crippen LogP contribution in [0.1, 0.15) is 28.9 Å². The van der Waals surface area contributed by atoms with E-state index in [1.54, 1.807) is 24.5 Å². The first-order valence-corrected chi connectivity index (χ1v) is 6.12. The normalized spacial score (nSPS) is 11.9. The lowest BCUT2D eigenvalue weighted by Gasteiger charge is -2.15. The van der Waals surface area contributed by atoms with Crippen molar-refractivity contribution >= 4 is 17.5 Å². The number of amides is 1. The molecule has 0 aliphatic carbocycles. The Balaban J connectivity index is 2.18. The molecule has 0 bridgehead atoms. The van der Waals surface area contributed by atoms with Gasteiger partial charge in [0.1, 0.15) is 5.82 Å². The Bertz CT molecular complexity index is 569. The van der Waals surface area contributed by atoms with Crippen molar-refractivity contribution in [1.29, 1.82) is 0 Å². The summed E-state index contributed by atoms with van der Waals surface area (Å²) in [5.74, 6) is -1.17. The molecule has 1 atom stereocenters. The molecule has 1 aromatic carbocycles. The van der Waals surface area contributed by atoms with Crippen LogP contribution in [0.4, 0.5) is 4.39 Å². The van der Waals surface area contributed by atoms with Crippen LogP contribution in [0.5, 0.6) is 0 Å². The largest absolute Gasteiger partial charge is 0.345 e. The summed E-state index contributed by atoms with van der Waals surface area (Å²) >= 11 is 5.84.